The van der Waals surface area contributed by atoms with Crippen LogP contribution in [0.1, 0.15) is 37.7 Å². The summed E-state index contributed by atoms with van der Waals surface area (Å²) in [5, 5.41) is 6.43. The predicted molar refractivity (Wildman–Crippen MR) is 111 cm³/mol. The van der Waals surface area contributed by atoms with Gasteiger partial charge in [-0.2, -0.15) is 4.98 Å². The molecule has 0 atom stereocenters. The van der Waals surface area contributed by atoms with Gasteiger partial charge in [0.2, 0.25) is 0 Å². The van der Waals surface area contributed by atoms with Crippen molar-refractivity contribution < 1.29 is 27.6 Å². The van der Waals surface area contributed by atoms with E-state index in [-0.39, 0.29) is 23.7 Å². The lowest BCUT2D eigenvalue weighted by atomic mass is 10.1. The molecular weight excluding hydrogens is 408 g/mol. The summed E-state index contributed by atoms with van der Waals surface area (Å²) < 4.78 is 38.5. The Hall–Kier alpha value is -3.62. The Bertz CT molecular complexity index is 1040. The molecule has 3 rings (SSSR count). The van der Waals surface area contributed by atoms with Gasteiger partial charge in [0.15, 0.2) is 5.82 Å². The third-order valence-electron chi connectivity index (χ3n) is 3.84. The molecule has 1 aromatic heterocycles. The number of halogens is 2. The van der Waals surface area contributed by atoms with E-state index in [1.54, 1.807) is 52.0 Å². The van der Waals surface area contributed by atoms with E-state index in [1.165, 1.54) is 12.1 Å². The van der Waals surface area contributed by atoms with Gasteiger partial charge in [-0.3, -0.25) is 5.32 Å². The van der Waals surface area contributed by atoms with Gasteiger partial charge >= 0.3 is 6.09 Å². The van der Waals surface area contributed by atoms with Gasteiger partial charge in [0.25, 0.3) is 5.89 Å². The molecule has 0 aliphatic rings. The van der Waals surface area contributed by atoms with Crippen LogP contribution in [0.2, 0.25) is 0 Å². The molecule has 0 radical (unpaired) electrons. The molecule has 7 nitrogen and oxygen atoms in total. The van der Waals surface area contributed by atoms with Crippen LogP contribution in [-0.2, 0) is 16.0 Å². The number of hydrogen-bond donors (Lipinski definition) is 1. The first-order valence-corrected chi connectivity index (χ1v) is 9.27. The van der Waals surface area contributed by atoms with Gasteiger partial charge in [-0.25, -0.2) is 13.6 Å². The minimum atomic E-state index is -0.655. The highest BCUT2D eigenvalue weighted by atomic mass is 19.1. The van der Waals surface area contributed by atoms with Gasteiger partial charge in [-0.05, 0) is 63.6 Å². The molecule has 2 aromatic carbocycles. The first-order valence-electron chi connectivity index (χ1n) is 9.27. The number of nitrogens with zero attached hydrogens (tertiary/aromatic N) is 2. The number of anilines is 1. The fourth-order valence-corrected chi connectivity index (χ4v) is 2.65. The second-order valence-corrected chi connectivity index (χ2v) is 7.61. The minimum Gasteiger partial charge on any atom is -0.444 e. The normalized spacial score (nSPS) is 10.8. The van der Waals surface area contributed by atoms with E-state index in [4.69, 9.17) is 14.1 Å². The molecule has 0 unspecified atom stereocenters. The quantitative estimate of drug-likeness (QED) is 0.619. The molecule has 0 spiro atoms. The average molecular weight is 431 g/mol. The summed E-state index contributed by atoms with van der Waals surface area (Å²) in [7, 11) is 0. The lowest BCUT2D eigenvalue weighted by Gasteiger charge is -2.19. The van der Waals surface area contributed by atoms with Crippen LogP contribution in [0.4, 0.5) is 19.3 Å². The van der Waals surface area contributed by atoms with Crippen LogP contribution in [0, 0.1) is 18.6 Å². The zero-order chi connectivity index (χ0) is 23.2. The monoisotopic (exact) mass is 431 g/mol. The minimum absolute atomic E-state index is 0.122. The smallest absolute Gasteiger partial charge is 0.412 e. The van der Waals surface area contributed by atoms with Crippen molar-refractivity contribution >= 4 is 18.6 Å². The Balaban J connectivity index is 0.00000166. The van der Waals surface area contributed by atoms with Crippen molar-refractivity contribution in [3.63, 3.8) is 0 Å². The Morgan fingerprint density at radius 1 is 1.16 bits per heavy atom. The van der Waals surface area contributed by atoms with Crippen LogP contribution in [0.25, 0.3) is 11.5 Å². The Morgan fingerprint density at radius 3 is 2.42 bits per heavy atom. The molecule has 31 heavy (non-hydrogen) atoms. The zero-order valence-electron chi connectivity index (χ0n) is 17.7. The number of benzene rings is 2. The lowest BCUT2D eigenvalue weighted by molar-refractivity contribution is -0.0980. The first-order chi connectivity index (χ1) is 14.6. The molecule has 3 aromatic rings. The summed E-state index contributed by atoms with van der Waals surface area (Å²) in [5.74, 6) is -0.997. The number of aromatic nitrogens is 2. The van der Waals surface area contributed by atoms with Crippen molar-refractivity contribution in [2.75, 3.05) is 5.32 Å². The Morgan fingerprint density at radius 2 is 1.81 bits per heavy atom. The summed E-state index contributed by atoms with van der Waals surface area (Å²) in [6.45, 7) is 8.91. The van der Waals surface area contributed by atoms with Crippen molar-refractivity contribution in [3.8, 4) is 11.5 Å². The molecule has 9 heteroatoms. The fourth-order valence-electron chi connectivity index (χ4n) is 2.65. The molecule has 0 bridgehead atoms. The maximum absolute atomic E-state index is 14.0. The van der Waals surface area contributed by atoms with E-state index in [1.807, 2.05) is 6.79 Å². The summed E-state index contributed by atoms with van der Waals surface area (Å²) in [5.41, 5.74) is 0.772. The molecular formula is C22H23F2N3O4. The number of aryl methyl sites for hydroxylation is 1. The number of ether oxygens (including phenoxy) is 1. The SMILES string of the molecule is C=O.Cc1cc(F)c(Cc2noc(-c3cccc(NC(=O)OC(C)(C)C)c3)n2)c(F)c1. The van der Waals surface area contributed by atoms with Crippen molar-refractivity contribution in [2.24, 2.45) is 0 Å². The molecule has 0 aliphatic carbocycles. The standard InChI is InChI=1S/C21H21F2N3O3.CH2O/c1-12-8-16(22)15(17(23)9-12)11-18-25-19(29-26-18)13-6-5-7-14(10-13)24-20(27)28-21(2,3)4;1-2/h5-10H,11H2,1-4H3,(H,24,27);1H2. The second kappa shape index (κ2) is 9.92. The van der Waals surface area contributed by atoms with Crippen LogP contribution in [0.15, 0.2) is 40.9 Å². The van der Waals surface area contributed by atoms with Crippen LogP contribution < -0.4 is 5.32 Å². The number of carbonyl (C=O) groups is 2. The van der Waals surface area contributed by atoms with Gasteiger partial charge < -0.3 is 14.1 Å². The summed E-state index contributed by atoms with van der Waals surface area (Å²) in [6.07, 6.45) is -0.733. The molecule has 0 aliphatic heterocycles. The van der Waals surface area contributed by atoms with Gasteiger partial charge in [-0.15, -0.1) is 0 Å². The maximum atomic E-state index is 14.0. The highest BCUT2D eigenvalue weighted by Crippen LogP contribution is 2.23. The third kappa shape index (κ3) is 6.70. The zero-order valence-corrected chi connectivity index (χ0v) is 17.7. The van der Waals surface area contributed by atoms with Gasteiger partial charge in [0.05, 0.1) is 0 Å². The van der Waals surface area contributed by atoms with E-state index in [0.29, 0.717) is 16.8 Å². The lowest BCUT2D eigenvalue weighted by Crippen LogP contribution is -2.27. The van der Waals surface area contributed by atoms with E-state index >= 15 is 0 Å². The Labute approximate surface area is 178 Å². The molecule has 0 saturated heterocycles. The molecule has 0 fully saturated rings. The fraction of sp³-hybridized carbons (Fsp3) is 0.273. The summed E-state index contributed by atoms with van der Waals surface area (Å²) >= 11 is 0. The Kier molecular flexibility index (Phi) is 7.57. The van der Waals surface area contributed by atoms with E-state index < -0.39 is 23.3 Å². The summed E-state index contributed by atoms with van der Waals surface area (Å²) in [4.78, 5) is 24.1. The van der Waals surface area contributed by atoms with Crippen LogP contribution >= 0.6 is 0 Å². The molecule has 1 N–H and O–H groups in total. The number of rotatable bonds is 4. The van der Waals surface area contributed by atoms with E-state index in [0.717, 1.165) is 0 Å². The first kappa shape index (κ1) is 23.7. The van der Waals surface area contributed by atoms with E-state index in [9.17, 15) is 13.6 Å². The highest BCUT2D eigenvalue weighted by Gasteiger charge is 2.18. The highest BCUT2D eigenvalue weighted by molar-refractivity contribution is 5.85. The number of carbonyl (C=O) groups excluding carboxylic acids is 2. The number of hydrogen-bond acceptors (Lipinski definition) is 6. The van der Waals surface area contributed by atoms with Crippen LogP contribution in [0.5, 0.6) is 0 Å². The predicted octanol–water partition coefficient (Wildman–Crippen LogP) is 5.08. The summed E-state index contributed by atoms with van der Waals surface area (Å²) in [6, 6.07) is 9.24. The van der Waals surface area contributed by atoms with Crippen molar-refractivity contribution in [3.05, 3.63) is 65.0 Å². The molecule has 1 heterocycles. The average Bonchev–Trinajstić information content (AvgIpc) is 3.14. The van der Waals surface area contributed by atoms with Crippen molar-refractivity contribution in [1.82, 2.24) is 10.1 Å². The topological polar surface area (TPSA) is 94.3 Å². The van der Waals surface area contributed by atoms with E-state index in [2.05, 4.69) is 15.5 Å². The number of nitrogens with one attached hydrogen (secondary N) is 1. The van der Waals surface area contributed by atoms with Gasteiger partial charge in [0, 0.05) is 23.2 Å². The van der Waals surface area contributed by atoms with Crippen LogP contribution in [0.3, 0.4) is 0 Å². The molecule has 0 saturated carbocycles. The third-order valence-corrected chi connectivity index (χ3v) is 3.84. The second-order valence-electron chi connectivity index (χ2n) is 7.61. The largest absolute Gasteiger partial charge is 0.444 e. The van der Waals surface area contributed by atoms with Crippen molar-refractivity contribution in [1.29, 1.82) is 0 Å². The number of amides is 1. The van der Waals surface area contributed by atoms with Gasteiger partial charge in [-0.1, -0.05) is 11.2 Å². The van der Waals surface area contributed by atoms with Crippen LogP contribution in [-0.4, -0.2) is 28.6 Å². The molecule has 164 valence electrons. The van der Waals surface area contributed by atoms with Gasteiger partial charge in [0.1, 0.15) is 24.0 Å². The maximum Gasteiger partial charge on any atom is 0.412 e. The molecule has 1 amide bonds. The van der Waals surface area contributed by atoms with Crippen molar-refractivity contribution in [2.45, 2.75) is 39.7 Å².